The molecule has 0 aliphatic rings. The SMILES string of the molecule is O=CC(C#Cc1ccccc1)c1ccccc1O. The summed E-state index contributed by atoms with van der Waals surface area (Å²) < 4.78 is 0. The van der Waals surface area contributed by atoms with Crippen LogP contribution >= 0.6 is 0 Å². The van der Waals surface area contributed by atoms with E-state index in [0.717, 1.165) is 11.8 Å². The molecular weight excluding hydrogens is 224 g/mol. The Labute approximate surface area is 106 Å². The fourth-order valence-electron chi connectivity index (χ4n) is 1.62. The van der Waals surface area contributed by atoms with E-state index in [4.69, 9.17) is 0 Å². The monoisotopic (exact) mass is 236 g/mol. The molecule has 0 radical (unpaired) electrons. The first-order valence-electron chi connectivity index (χ1n) is 5.61. The molecule has 18 heavy (non-hydrogen) atoms. The van der Waals surface area contributed by atoms with E-state index < -0.39 is 5.92 Å². The molecule has 2 rings (SSSR count). The predicted molar refractivity (Wildman–Crippen MR) is 70.2 cm³/mol. The molecule has 0 aliphatic heterocycles. The maximum atomic E-state index is 11.1. The Hall–Kier alpha value is -2.53. The van der Waals surface area contributed by atoms with E-state index in [2.05, 4.69) is 11.8 Å². The number of aldehydes is 1. The van der Waals surface area contributed by atoms with Gasteiger partial charge in [-0.25, -0.2) is 0 Å². The third-order valence-electron chi connectivity index (χ3n) is 2.55. The molecule has 1 atom stereocenters. The molecule has 0 spiro atoms. The molecule has 0 saturated heterocycles. The van der Waals surface area contributed by atoms with Gasteiger partial charge in [0.2, 0.25) is 0 Å². The van der Waals surface area contributed by atoms with E-state index in [-0.39, 0.29) is 5.75 Å². The van der Waals surface area contributed by atoms with Gasteiger partial charge in [0.1, 0.15) is 18.0 Å². The molecule has 0 fully saturated rings. The van der Waals surface area contributed by atoms with Gasteiger partial charge < -0.3 is 9.90 Å². The van der Waals surface area contributed by atoms with Crippen molar-refractivity contribution >= 4 is 6.29 Å². The summed E-state index contributed by atoms with van der Waals surface area (Å²) in [6.45, 7) is 0. The number of carbonyl (C=O) groups excluding carboxylic acids is 1. The minimum atomic E-state index is -0.605. The summed E-state index contributed by atoms with van der Waals surface area (Å²) in [5.74, 6) is 5.28. The van der Waals surface area contributed by atoms with Crippen molar-refractivity contribution < 1.29 is 9.90 Å². The molecule has 0 aromatic heterocycles. The number of aromatic hydroxyl groups is 1. The number of hydrogen-bond acceptors (Lipinski definition) is 2. The number of benzene rings is 2. The van der Waals surface area contributed by atoms with Gasteiger partial charge in [-0.1, -0.05) is 48.2 Å². The molecule has 1 N–H and O–H groups in total. The fourth-order valence-corrected chi connectivity index (χ4v) is 1.62. The fraction of sp³-hybridized carbons (Fsp3) is 0.0625. The summed E-state index contributed by atoms with van der Waals surface area (Å²) in [7, 11) is 0. The van der Waals surface area contributed by atoms with Crippen LogP contribution in [-0.4, -0.2) is 11.4 Å². The summed E-state index contributed by atoms with van der Waals surface area (Å²) in [6, 6.07) is 16.2. The second kappa shape index (κ2) is 5.70. The second-order valence-corrected chi connectivity index (χ2v) is 3.81. The minimum Gasteiger partial charge on any atom is -0.508 e. The van der Waals surface area contributed by atoms with E-state index in [9.17, 15) is 9.90 Å². The quantitative estimate of drug-likeness (QED) is 0.643. The van der Waals surface area contributed by atoms with E-state index in [1.165, 1.54) is 0 Å². The zero-order valence-electron chi connectivity index (χ0n) is 9.71. The lowest BCUT2D eigenvalue weighted by Gasteiger charge is -2.05. The second-order valence-electron chi connectivity index (χ2n) is 3.81. The van der Waals surface area contributed by atoms with Gasteiger partial charge in [-0.2, -0.15) is 0 Å². The van der Waals surface area contributed by atoms with E-state index >= 15 is 0 Å². The number of carbonyl (C=O) groups is 1. The van der Waals surface area contributed by atoms with Gasteiger partial charge in [-0.15, -0.1) is 0 Å². The summed E-state index contributed by atoms with van der Waals surface area (Å²) in [4.78, 5) is 11.1. The van der Waals surface area contributed by atoms with Gasteiger partial charge in [0.05, 0.1) is 0 Å². The Morgan fingerprint density at radius 1 is 1.00 bits per heavy atom. The summed E-state index contributed by atoms with van der Waals surface area (Å²) in [6.07, 6.45) is 0.741. The van der Waals surface area contributed by atoms with E-state index in [1.807, 2.05) is 30.3 Å². The summed E-state index contributed by atoms with van der Waals surface area (Å²) >= 11 is 0. The van der Waals surface area contributed by atoms with Gasteiger partial charge in [0.25, 0.3) is 0 Å². The topological polar surface area (TPSA) is 37.3 Å². The molecule has 0 bridgehead atoms. The van der Waals surface area contributed by atoms with Gasteiger partial charge in [-0.3, -0.25) is 0 Å². The first kappa shape index (κ1) is 11.9. The number of hydrogen-bond donors (Lipinski definition) is 1. The summed E-state index contributed by atoms with van der Waals surface area (Å²) in [5, 5.41) is 9.68. The van der Waals surface area contributed by atoms with Crippen LogP contribution in [0.15, 0.2) is 54.6 Å². The van der Waals surface area contributed by atoms with Gasteiger partial charge in [0.15, 0.2) is 0 Å². The third kappa shape index (κ3) is 2.78. The highest BCUT2D eigenvalue weighted by atomic mass is 16.3. The van der Waals surface area contributed by atoms with Crippen LogP contribution in [0.5, 0.6) is 5.75 Å². The zero-order chi connectivity index (χ0) is 12.8. The molecule has 2 aromatic carbocycles. The molecule has 2 heteroatoms. The van der Waals surface area contributed by atoms with Crippen molar-refractivity contribution in [3.05, 3.63) is 65.7 Å². The molecule has 0 heterocycles. The molecule has 0 amide bonds. The highest BCUT2D eigenvalue weighted by Gasteiger charge is 2.10. The van der Waals surface area contributed by atoms with Gasteiger partial charge in [-0.05, 0) is 18.2 Å². The average molecular weight is 236 g/mol. The van der Waals surface area contributed by atoms with E-state index in [1.54, 1.807) is 24.3 Å². The number of rotatable bonds is 2. The van der Waals surface area contributed by atoms with Crippen LogP contribution in [-0.2, 0) is 4.79 Å². The van der Waals surface area contributed by atoms with Crippen molar-refractivity contribution in [1.82, 2.24) is 0 Å². The average Bonchev–Trinajstić information content (AvgIpc) is 2.42. The Kier molecular flexibility index (Phi) is 3.78. The number of phenolic OH excluding ortho intramolecular Hbond substituents is 1. The standard InChI is InChI=1S/C16H12O2/c17-12-14(15-8-4-5-9-16(15)18)11-10-13-6-2-1-3-7-13/h1-9,12,14,18H. The Balaban J connectivity index is 2.29. The molecule has 0 saturated carbocycles. The highest BCUT2D eigenvalue weighted by molar-refractivity contribution is 5.69. The Morgan fingerprint density at radius 3 is 2.33 bits per heavy atom. The van der Waals surface area contributed by atoms with Crippen molar-refractivity contribution in [2.75, 3.05) is 0 Å². The van der Waals surface area contributed by atoms with Crippen LogP contribution in [0.25, 0.3) is 0 Å². The van der Waals surface area contributed by atoms with Crippen molar-refractivity contribution in [3.63, 3.8) is 0 Å². The highest BCUT2D eigenvalue weighted by Crippen LogP contribution is 2.23. The molecule has 88 valence electrons. The van der Waals surface area contributed by atoms with Crippen LogP contribution in [0.3, 0.4) is 0 Å². The van der Waals surface area contributed by atoms with Crippen LogP contribution in [0, 0.1) is 11.8 Å². The predicted octanol–water partition coefficient (Wildman–Crippen LogP) is 2.73. The number of phenols is 1. The van der Waals surface area contributed by atoms with Crippen LogP contribution < -0.4 is 0 Å². The van der Waals surface area contributed by atoms with Crippen LogP contribution in [0.2, 0.25) is 0 Å². The lowest BCUT2D eigenvalue weighted by molar-refractivity contribution is -0.108. The summed E-state index contributed by atoms with van der Waals surface area (Å²) in [5.41, 5.74) is 1.38. The smallest absolute Gasteiger partial charge is 0.139 e. The van der Waals surface area contributed by atoms with Crippen molar-refractivity contribution in [2.24, 2.45) is 0 Å². The number of para-hydroxylation sites is 1. The third-order valence-corrected chi connectivity index (χ3v) is 2.55. The minimum absolute atomic E-state index is 0.0944. The molecule has 2 nitrogen and oxygen atoms in total. The maximum Gasteiger partial charge on any atom is 0.139 e. The van der Waals surface area contributed by atoms with Crippen LogP contribution in [0.4, 0.5) is 0 Å². The van der Waals surface area contributed by atoms with Gasteiger partial charge in [0, 0.05) is 11.1 Å². The first-order chi connectivity index (χ1) is 8.81. The largest absolute Gasteiger partial charge is 0.508 e. The van der Waals surface area contributed by atoms with Crippen LogP contribution in [0.1, 0.15) is 17.0 Å². The lowest BCUT2D eigenvalue weighted by atomic mass is 10.00. The maximum absolute atomic E-state index is 11.1. The zero-order valence-corrected chi connectivity index (χ0v) is 9.71. The Morgan fingerprint density at radius 2 is 1.67 bits per heavy atom. The first-order valence-corrected chi connectivity index (χ1v) is 5.61. The molecule has 2 aromatic rings. The molecule has 1 unspecified atom stereocenters. The van der Waals surface area contributed by atoms with Crippen molar-refractivity contribution in [1.29, 1.82) is 0 Å². The normalized spacial score (nSPS) is 11.1. The lowest BCUT2D eigenvalue weighted by Crippen LogP contribution is -1.97. The molecule has 0 aliphatic carbocycles. The Bertz CT molecular complexity index is 591. The molecular formula is C16H12O2. The van der Waals surface area contributed by atoms with Crippen molar-refractivity contribution in [2.45, 2.75) is 5.92 Å². The van der Waals surface area contributed by atoms with E-state index in [0.29, 0.717) is 5.56 Å². The van der Waals surface area contributed by atoms with Gasteiger partial charge >= 0.3 is 0 Å². The van der Waals surface area contributed by atoms with Crippen molar-refractivity contribution in [3.8, 4) is 17.6 Å².